The van der Waals surface area contributed by atoms with Crippen molar-refractivity contribution in [3.63, 3.8) is 0 Å². The first-order chi connectivity index (χ1) is 16.0. The summed E-state index contributed by atoms with van der Waals surface area (Å²) in [5, 5.41) is 2.36. The minimum absolute atomic E-state index is 0.128. The molecule has 0 aliphatic carbocycles. The molecule has 2 aromatic heterocycles. The van der Waals surface area contributed by atoms with Crippen molar-refractivity contribution in [2.45, 2.75) is 6.92 Å². The molecule has 8 heteroatoms. The molecule has 1 aliphatic rings. The Morgan fingerprint density at radius 3 is 2.55 bits per heavy atom. The van der Waals surface area contributed by atoms with E-state index in [1.807, 2.05) is 6.07 Å². The fraction of sp³-hybridized carbons (Fsp3) is 0.0800. The minimum Gasteiger partial charge on any atom is -0.454 e. The molecule has 1 aliphatic heterocycles. The molecule has 33 heavy (non-hydrogen) atoms. The highest BCUT2D eigenvalue weighted by molar-refractivity contribution is 7.12. The average Bonchev–Trinajstić information content (AvgIpc) is 3.45. The van der Waals surface area contributed by atoms with Crippen molar-refractivity contribution in [1.82, 2.24) is 4.98 Å². The van der Waals surface area contributed by atoms with Gasteiger partial charge in [-0.2, -0.15) is 0 Å². The Hall–Kier alpha value is -4.17. The lowest BCUT2D eigenvalue weighted by Gasteiger charge is -2.15. The van der Waals surface area contributed by atoms with Crippen molar-refractivity contribution < 1.29 is 23.9 Å². The van der Waals surface area contributed by atoms with Crippen molar-refractivity contribution in [3.05, 3.63) is 93.3 Å². The lowest BCUT2D eigenvalue weighted by Crippen LogP contribution is -2.29. The number of ether oxygens (including phenoxy) is 1. The van der Waals surface area contributed by atoms with Gasteiger partial charge in [-0.05, 0) is 42.6 Å². The van der Waals surface area contributed by atoms with Gasteiger partial charge >= 0.3 is 5.97 Å². The van der Waals surface area contributed by atoms with Crippen molar-refractivity contribution in [3.8, 4) is 0 Å². The summed E-state index contributed by atoms with van der Waals surface area (Å²) in [4.78, 5) is 57.2. The Balaban J connectivity index is 1.44. The van der Waals surface area contributed by atoms with E-state index in [9.17, 15) is 19.2 Å². The molecule has 162 valence electrons. The van der Waals surface area contributed by atoms with Crippen LogP contribution in [0.2, 0.25) is 0 Å². The number of aromatic nitrogens is 1. The van der Waals surface area contributed by atoms with Gasteiger partial charge in [-0.3, -0.25) is 19.4 Å². The maximum atomic E-state index is 13.3. The zero-order valence-corrected chi connectivity index (χ0v) is 18.2. The van der Waals surface area contributed by atoms with Crippen molar-refractivity contribution in [2.24, 2.45) is 0 Å². The van der Waals surface area contributed by atoms with Gasteiger partial charge in [0.05, 0.1) is 38.5 Å². The van der Waals surface area contributed by atoms with Gasteiger partial charge in [0.1, 0.15) is 0 Å². The Labute approximate surface area is 192 Å². The number of esters is 1. The number of Topliss-reactive ketones (excluding diaryl/α,β-unsaturated/α-hetero) is 1. The zero-order chi connectivity index (χ0) is 23.1. The van der Waals surface area contributed by atoms with Gasteiger partial charge < -0.3 is 4.74 Å². The molecule has 0 unspecified atom stereocenters. The Bertz CT molecular complexity index is 1460. The monoisotopic (exact) mass is 456 g/mol. The van der Waals surface area contributed by atoms with Crippen LogP contribution in [0.1, 0.15) is 46.4 Å². The molecule has 7 nitrogen and oxygen atoms in total. The summed E-state index contributed by atoms with van der Waals surface area (Å²) in [6.45, 7) is 1.30. The number of fused-ring (bicyclic) bond motifs is 3. The number of amides is 2. The lowest BCUT2D eigenvalue weighted by molar-refractivity contribution is 0.0475. The number of aryl methyl sites for hydroxylation is 1. The summed E-state index contributed by atoms with van der Waals surface area (Å²) in [5.41, 5.74) is 2.02. The highest BCUT2D eigenvalue weighted by Crippen LogP contribution is 2.34. The summed E-state index contributed by atoms with van der Waals surface area (Å²) in [5.74, 6) is -1.99. The number of carbonyl (C=O) groups excluding carboxylic acids is 4. The van der Waals surface area contributed by atoms with Crippen LogP contribution in [0, 0.1) is 6.92 Å². The topological polar surface area (TPSA) is 93.6 Å². The third-order valence-corrected chi connectivity index (χ3v) is 6.29. The van der Waals surface area contributed by atoms with Crippen molar-refractivity contribution >= 4 is 51.5 Å². The molecule has 0 atom stereocenters. The largest absolute Gasteiger partial charge is 0.454 e. The lowest BCUT2D eigenvalue weighted by atomic mass is 10.0. The molecule has 5 rings (SSSR count). The van der Waals surface area contributed by atoms with E-state index in [0.717, 1.165) is 4.90 Å². The number of thiophene rings is 1. The summed E-state index contributed by atoms with van der Waals surface area (Å²) < 4.78 is 5.14. The second-order valence-electron chi connectivity index (χ2n) is 7.44. The van der Waals surface area contributed by atoms with Crippen LogP contribution in [0.25, 0.3) is 10.9 Å². The second kappa shape index (κ2) is 8.07. The number of carbonyl (C=O) groups is 4. The molecule has 0 radical (unpaired) electrons. The summed E-state index contributed by atoms with van der Waals surface area (Å²) >= 11 is 1.27. The fourth-order valence-electron chi connectivity index (χ4n) is 3.86. The molecule has 0 N–H and O–H groups in total. The van der Waals surface area contributed by atoms with E-state index in [4.69, 9.17) is 4.74 Å². The Kier molecular flexibility index (Phi) is 5.07. The first-order valence-electron chi connectivity index (χ1n) is 10.1. The van der Waals surface area contributed by atoms with E-state index in [-0.39, 0.29) is 22.6 Å². The Morgan fingerprint density at radius 1 is 0.970 bits per heavy atom. The Morgan fingerprint density at radius 2 is 1.76 bits per heavy atom. The van der Waals surface area contributed by atoms with Crippen LogP contribution >= 0.6 is 11.3 Å². The maximum Gasteiger partial charge on any atom is 0.338 e. The van der Waals surface area contributed by atoms with Crippen LogP contribution < -0.4 is 4.90 Å². The van der Waals surface area contributed by atoms with Gasteiger partial charge in [-0.15, -0.1) is 11.3 Å². The molecule has 0 bridgehead atoms. The fourth-order valence-corrected chi connectivity index (χ4v) is 4.51. The van der Waals surface area contributed by atoms with E-state index in [2.05, 4.69) is 4.98 Å². The average molecular weight is 456 g/mol. The number of hydrogen-bond acceptors (Lipinski definition) is 7. The molecule has 0 spiro atoms. The molecule has 0 saturated carbocycles. The molecule has 2 aromatic carbocycles. The maximum absolute atomic E-state index is 13.3. The van der Waals surface area contributed by atoms with Gasteiger partial charge in [-0.25, -0.2) is 9.69 Å². The molecule has 0 saturated heterocycles. The van der Waals surface area contributed by atoms with E-state index in [1.54, 1.807) is 54.8 Å². The number of ketones is 1. The van der Waals surface area contributed by atoms with Gasteiger partial charge in [0.25, 0.3) is 11.8 Å². The highest BCUT2D eigenvalue weighted by atomic mass is 32.1. The smallest absolute Gasteiger partial charge is 0.338 e. The first-order valence-corrected chi connectivity index (χ1v) is 11.0. The van der Waals surface area contributed by atoms with Crippen molar-refractivity contribution in [2.75, 3.05) is 11.5 Å². The van der Waals surface area contributed by atoms with E-state index >= 15 is 0 Å². The molecular weight excluding hydrogens is 440 g/mol. The number of anilines is 1. The number of benzene rings is 2. The van der Waals surface area contributed by atoms with E-state index < -0.39 is 24.4 Å². The summed E-state index contributed by atoms with van der Waals surface area (Å²) in [7, 11) is 0. The highest BCUT2D eigenvalue weighted by Gasteiger charge is 2.40. The molecule has 3 heterocycles. The van der Waals surface area contributed by atoms with Gasteiger partial charge in [0.2, 0.25) is 5.78 Å². The molecule has 0 fully saturated rings. The van der Waals surface area contributed by atoms with E-state index in [1.165, 1.54) is 23.5 Å². The minimum atomic E-state index is -0.721. The number of pyridine rings is 1. The van der Waals surface area contributed by atoms with E-state index in [0.29, 0.717) is 27.0 Å². The van der Waals surface area contributed by atoms with Crippen LogP contribution in [0.5, 0.6) is 0 Å². The number of rotatable bonds is 5. The van der Waals surface area contributed by atoms with Crippen molar-refractivity contribution in [1.29, 1.82) is 0 Å². The zero-order valence-electron chi connectivity index (χ0n) is 17.4. The van der Waals surface area contributed by atoms with Crippen LogP contribution in [0.3, 0.4) is 0 Å². The van der Waals surface area contributed by atoms with Crippen LogP contribution in [0.15, 0.2) is 66.0 Å². The predicted octanol–water partition coefficient (Wildman–Crippen LogP) is 4.45. The quantitative estimate of drug-likeness (QED) is 0.250. The third-order valence-electron chi connectivity index (χ3n) is 5.38. The summed E-state index contributed by atoms with van der Waals surface area (Å²) in [6, 6.07) is 16.6. The predicted molar refractivity (Wildman–Crippen MR) is 123 cm³/mol. The second-order valence-corrected chi connectivity index (χ2v) is 8.38. The molecule has 2 amide bonds. The van der Waals surface area contributed by atoms with Gasteiger partial charge in [0.15, 0.2) is 6.61 Å². The number of hydrogen-bond donors (Lipinski definition) is 0. The molecule has 4 aromatic rings. The third kappa shape index (κ3) is 3.50. The number of nitrogens with zero attached hydrogens (tertiary/aromatic N) is 2. The SMILES string of the molecule is Cc1nc2ccccc2c2c1C(=O)N(c1cccc(C(=O)OCC(=O)c3cccs3)c1)C2=O. The number of para-hydroxylation sites is 1. The van der Waals surface area contributed by atoms with Gasteiger partial charge in [0, 0.05) is 5.39 Å². The van der Waals surface area contributed by atoms with Crippen LogP contribution in [-0.4, -0.2) is 35.2 Å². The normalized spacial score (nSPS) is 12.8. The standard InChI is InChI=1S/C25H16N2O5S/c1-14-21-22(17-8-2-3-9-18(17)26-14)24(30)27(23(21)29)16-7-4-6-15(12-16)25(31)32-13-19(28)20-10-5-11-33-20/h2-12H,13H2,1H3. The molecular formula is C25H16N2O5S. The summed E-state index contributed by atoms with van der Waals surface area (Å²) in [6.07, 6.45) is 0. The van der Waals surface area contributed by atoms with Crippen LogP contribution in [0.4, 0.5) is 5.69 Å². The van der Waals surface area contributed by atoms with Gasteiger partial charge in [-0.1, -0.05) is 30.3 Å². The first kappa shape index (κ1) is 20.7. The van der Waals surface area contributed by atoms with Crippen LogP contribution in [-0.2, 0) is 4.74 Å². The number of imide groups is 1.